The quantitative estimate of drug-likeness (QED) is 0.456. The summed E-state index contributed by atoms with van der Waals surface area (Å²) in [5, 5.41) is 47.1. The lowest BCUT2D eigenvalue weighted by Crippen LogP contribution is -2.51. The molecule has 2 rings (SSSR count). The van der Waals surface area contributed by atoms with Gasteiger partial charge in [0.25, 0.3) is 5.79 Å². The first-order chi connectivity index (χ1) is 9.02. The number of aliphatic hydroxyl groups is 4. The molecule has 1 aliphatic heterocycles. The predicted octanol–water partition coefficient (Wildman–Crippen LogP) is -1.43. The molecule has 0 saturated carbocycles. The molecule has 1 aromatic rings. The Bertz CT molecular complexity index is 421. The van der Waals surface area contributed by atoms with Crippen LogP contribution in [-0.4, -0.2) is 62.8 Å². The molecule has 0 aliphatic carbocycles. The number of aromatic hydroxyl groups is 1. The van der Waals surface area contributed by atoms with Gasteiger partial charge in [0, 0.05) is 0 Å². The van der Waals surface area contributed by atoms with E-state index in [1.165, 1.54) is 24.3 Å². The third-order valence-corrected chi connectivity index (χ3v) is 3.03. The summed E-state index contributed by atoms with van der Waals surface area (Å²) in [4.78, 5) is 0. The fourth-order valence-electron chi connectivity index (χ4n) is 1.97. The lowest BCUT2D eigenvalue weighted by molar-refractivity contribution is -0.230. The van der Waals surface area contributed by atoms with Gasteiger partial charge in [0.15, 0.2) is 0 Å². The first kappa shape index (κ1) is 14.0. The minimum absolute atomic E-state index is 0.0338. The topological polar surface area (TPSA) is 120 Å². The van der Waals surface area contributed by atoms with Gasteiger partial charge in [-0.05, 0) is 24.3 Å². The molecule has 0 spiro atoms. The zero-order valence-corrected chi connectivity index (χ0v) is 10.0. The molecule has 0 radical (unpaired) electrons. The van der Waals surface area contributed by atoms with Crippen LogP contribution in [0.15, 0.2) is 24.3 Å². The molecular weight excluding hydrogens is 256 g/mol. The van der Waals surface area contributed by atoms with Crippen molar-refractivity contribution in [1.29, 1.82) is 0 Å². The van der Waals surface area contributed by atoms with Crippen LogP contribution < -0.4 is 4.74 Å². The largest absolute Gasteiger partial charge is 0.508 e. The molecule has 1 aromatic carbocycles. The van der Waals surface area contributed by atoms with Crippen molar-refractivity contribution in [3.63, 3.8) is 0 Å². The van der Waals surface area contributed by atoms with Crippen molar-refractivity contribution in [3.8, 4) is 11.5 Å². The van der Waals surface area contributed by atoms with Crippen molar-refractivity contribution >= 4 is 0 Å². The van der Waals surface area contributed by atoms with Gasteiger partial charge in [-0.15, -0.1) is 0 Å². The van der Waals surface area contributed by atoms with E-state index in [4.69, 9.17) is 19.7 Å². The molecule has 106 valence electrons. The maximum absolute atomic E-state index is 9.90. The molecule has 1 heterocycles. The SMILES string of the molecule is OC[C@H]1O[C@@](CO)(Oc2ccc(O)cc2)[C@@H](O)[C@@H]1O. The number of ether oxygens (including phenoxy) is 2. The Hall–Kier alpha value is -1.38. The van der Waals surface area contributed by atoms with Crippen LogP contribution in [0.2, 0.25) is 0 Å². The van der Waals surface area contributed by atoms with Crippen LogP contribution in [0, 0.1) is 0 Å². The van der Waals surface area contributed by atoms with Crippen molar-refractivity contribution in [3.05, 3.63) is 24.3 Å². The Morgan fingerprint density at radius 1 is 1.16 bits per heavy atom. The summed E-state index contributed by atoms with van der Waals surface area (Å²) in [5.74, 6) is -1.58. The summed E-state index contributed by atoms with van der Waals surface area (Å²) in [6.45, 7) is -1.22. The minimum Gasteiger partial charge on any atom is -0.508 e. The average molecular weight is 272 g/mol. The monoisotopic (exact) mass is 272 g/mol. The number of rotatable bonds is 4. The van der Waals surface area contributed by atoms with Crippen LogP contribution in [-0.2, 0) is 4.74 Å². The number of hydrogen-bond acceptors (Lipinski definition) is 7. The Labute approximate surface area is 109 Å². The zero-order chi connectivity index (χ0) is 14.0. The molecule has 1 saturated heterocycles. The normalized spacial score (nSPS) is 34.4. The smallest absolute Gasteiger partial charge is 0.263 e. The summed E-state index contributed by atoms with van der Waals surface area (Å²) >= 11 is 0. The van der Waals surface area contributed by atoms with Gasteiger partial charge >= 0.3 is 0 Å². The fourth-order valence-corrected chi connectivity index (χ4v) is 1.97. The molecule has 4 atom stereocenters. The highest BCUT2D eigenvalue weighted by atomic mass is 16.7. The van der Waals surface area contributed by atoms with E-state index < -0.39 is 37.3 Å². The van der Waals surface area contributed by atoms with Crippen LogP contribution in [0.3, 0.4) is 0 Å². The number of phenols is 1. The minimum atomic E-state index is -1.84. The van der Waals surface area contributed by atoms with E-state index in [0.717, 1.165) is 0 Å². The highest BCUT2D eigenvalue weighted by Gasteiger charge is 2.56. The van der Waals surface area contributed by atoms with Crippen LogP contribution in [0.4, 0.5) is 0 Å². The second-order valence-electron chi connectivity index (χ2n) is 4.34. The van der Waals surface area contributed by atoms with Gasteiger partial charge in [0.05, 0.1) is 6.61 Å². The Morgan fingerprint density at radius 3 is 2.26 bits per heavy atom. The van der Waals surface area contributed by atoms with Gasteiger partial charge in [0.2, 0.25) is 0 Å². The van der Waals surface area contributed by atoms with E-state index in [1.807, 2.05) is 0 Å². The lowest BCUT2D eigenvalue weighted by Gasteiger charge is -2.30. The van der Waals surface area contributed by atoms with E-state index in [9.17, 15) is 15.3 Å². The number of hydrogen-bond donors (Lipinski definition) is 5. The molecule has 7 heteroatoms. The van der Waals surface area contributed by atoms with Crippen LogP contribution in [0.5, 0.6) is 11.5 Å². The summed E-state index contributed by atoms with van der Waals surface area (Å²) in [7, 11) is 0. The van der Waals surface area contributed by atoms with Gasteiger partial charge in [-0.25, -0.2) is 0 Å². The summed E-state index contributed by atoms with van der Waals surface area (Å²) in [6, 6.07) is 5.56. The molecule has 5 N–H and O–H groups in total. The van der Waals surface area contributed by atoms with Crippen LogP contribution in [0.1, 0.15) is 0 Å². The van der Waals surface area contributed by atoms with Crippen molar-refractivity contribution in [2.24, 2.45) is 0 Å². The van der Waals surface area contributed by atoms with Crippen molar-refractivity contribution in [2.75, 3.05) is 13.2 Å². The Balaban J connectivity index is 2.21. The predicted molar refractivity (Wildman–Crippen MR) is 62.5 cm³/mol. The maximum Gasteiger partial charge on any atom is 0.263 e. The van der Waals surface area contributed by atoms with Crippen molar-refractivity contribution in [1.82, 2.24) is 0 Å². The average Bonchev–Trinajstić information content (AvgIpc) is 2.67. The third kappa shape index (κ3) is 2.51. The van der Waals surface area contributed by atoms with E-state index in [-0.39, 0.29) is 11.5 Å². The highest BCUT2D eigenvalue weighted by Crippen LogP contribution is 2.33. The first-order valence-electron chi connectivity index (χ1n) is 5.76. The Kier molecular flexibility index (Phi) is 3.93. The van der Waals surface area contributed by atoms with Gasteiger partial charge in [-0.1, -0.05) is 0 Å². The Morgan fingerprint density at radius 2 is 1.79 bits per heavy atom. The summed E-state index contributed by atoms with van der Waals surface area (Å²) < 4.78 is 10.6. The summed E-state index contributed by atoms with van der Waals surface area (Å²) in [6.07, 6.45) is -3.92. The number of benzene rings is 1. The van der Waals surface area contributed by atoms with Gasteiger partial charge in [0.1, 0.15) is 36.4 Å². The van der Waals surface area contributed by atoms with Gasteiger partial charge in [-0.2, -0.15) is 0 Å². The van der Waals surface area contributed by atoms with Crippen molar-refractivity contribution in [2.45, 2.75) is 24.1 Å². The molecule has 7 nitrogen and oxygen atoms in total. The van der Waals surface area contributed by atoms with E-state index in [1.54, 1.807) is 0 Å². The van der Waals surface area contributed by atoms with Crippen LogP contribution >= 0.6 is 0 Å². The summed E-state index contributed by atoms with van der Waals surface area (Å²) in [5.41, 5.74) is 0. The zero-order valence-electron chi connectivity index (χ0n) is 10.0. The lowest BCUT2D eigenvalue weighted by atomic mass is 10.1. The molecule has 0 aromatic heterocycles. The maximum atomic E-state index is 9.90. The van der Waals surface area contributed by atoms with Crippen LogP contribution in [0.25, 0.3) is 0 Å². The second kappa shape index (κ2) is 5.32. The molecule has 0 unspecified atom stereocenters. The molecule has 0 amide bonds. The van der Waals surface area contributed by atoms with Gasteiger partial charge < -0.3 is 35.0 Å². The number of phenolic OH excluding ortho intramolecular Hbond substituents is 1. The molecular formula is C12H16O7. The van der Waals surface area contributed by atoms with Crippen molar-refractivity contribution < 1.29 is 35.0 Å². The molecule has 1 aliphatic rings. The molecule has 0 bridgehead atoms. The van der Waals surface area contributed by atoms with Gasteiger partial charge in [-0.3, -0.25) is 0 Å². The second-order valence-corrected chi connectivity index (χ2v) is 4.34. The highest BCUT2D eigenvalue weighted by molar-refractivity contribution is 5.30. The number of aliphatic hydroxyl groups excluding tert-OH is 4. The molecule has 1 fully saturated rings. The van der Waals surface area contributed by atoms with E-state index >= 15 is 0 Å². The fraction of sp³-hybridized carbons (Fsp3) is 0.500. The first-order valence-corrected chi connectivity index (χ1v) is 5.76. The van der Waals surface area contributed by atoms with E-state index in [0.29, 0.717) is 0 Å². The van der Waals surface area contributed by atoms with E-state index in [2.05, 4.69) is 0 Å². The molecule has 19 heavy (non-hydrogen) atoms. The third-order valence-electron chi connectivity index (χ3n) is 3.03. The standard InChI is InChI=1S/C12H16O7/c13-5-9-10(16)11(17)12(6-14,19-9)18-8-3-1-7(15)2-4-8/h1-4,9-11,13-17H,5-6H2/t9-,10-,11+,12-/m1/s1.